The van der Waals surface area contributed by atoms with E-state index in [1.165, 1.54) is 11.4 Å². The van der Waals surface area contributed by atoms with E-state index in [-0.39, 0.29) is 24.3 Å². The molecule has 0 aliphatic carbocycles. The number of methoxy groups -OCH3 is 1. The van der Waals surface area contributed by atoms with E-state index in [2.05, 4.69) is 4.74 Å². The molecule has 0 spiro atoms. The first-order valence-corrected chi connectivity index (χ1v) is 7.29. The molecule has 0 aromatic rings. The maximum absolute atomic E-state index is 12.0. The van der Waals surface area contributed by atoms with Gasteiger partial charge in [0.2, 0.25) is 10.0 Å². The van der Waals surface area contributed by atoms with E-state index < -0.39 is 16.0 Å². The van der Waals surface area contributed by atoms with Crippen molar-refractivity contribution < 1.29 is 17.9 Å². The molecule has 1 heterocycles. The lowest BCUT2D eigenvalue weighted by molar-refractivity contribution is -0.140. The summed E-state index contributed by atoms with van der Waals surface area (Å²) in [4.78, 5) is 10.9. The average molecular weight is 264 g/mol. The Labute approximate surface area is 102 Å². The number of ether oxygens (including phenoxy) is 1. The molecule has 17 heavy (non-hydrogen) atoms. The fourth-order valence-corrected chi connectivity index (χ4v) is 3.71. The topological polar surface area (TPSA) is 89.7 Å². The van der Waals surface area contributed by atoms with Crippen molar-refractivity contribution in [3.05, 3.63) is 0 Å². The lowest BCUT2D eigenvalue weighted by atomic mass is 10.0. The van der Waals surface area contributed by atoms with Gasteiger partial charge in [0.15, 0.2) is 0 Å². The van der Waals surface area contributed by atoms with Crippen molar-refractivity contribution in [2.45, 2.75) is 38.3 Å². The lowest BCUT2D eigenvalue weighted by Crippen LogP contribution is -2.49. The van der Waals surface area contributed by atoms with Gasteiger partial charge in [0, 0.05) is 18.6 Å². The van der Waals surface area contributed by atoms with Gasteiger partial charge in [0.1, 0.15) is 0 Å². The second-order valence-corrected chi connectivity index (χ2v) is 6.43. The third-order valence-corrected chi connectivity index (χ3v) is 4.98. The third-order valence-electron chi connectivity index (χ3n) is 3.00. The molecule has 6 nitrogen and oxygen atoms in total. The van der Waals surface area contributed by atoms with E-state index >= 15 is 0 Å². The minimum Gasteiger partial charge on any atom is -0.469 e. The summed E-state index contributed by atoms with van der Waals surface area (Å²) in [5, 5.41) is 0. The van der Waals surface area contributed by atoms with Gasteiger partial charge in [-0.1, -0.05) is 0 Å². The highest BCUT2D eigenvalue weighted by Crippen LogP contribution is 2.20. The molecule has 1 aliphatic rings. The Morgan fingerprint density at radius 1 is 1.53 bits per heavy atom. The van der Waals surface area contributed by atoms with Crippen molar-refractivity contribution in [2.24, 2.45) is 5.73 Å². The Kier molecular flexibility index (Phi) is 4.91. The van der Waals surface area contributed by atoms with E-state index in [9.17, 15) is 13.2 Å². The van der Waals surface area contributed by atoms with Crippen LogP contribution in [0.4, 0.5) is 0 Å². The first-order chi connectivity index (χ1) is 7.86. The second kappa shape index (κ2) is 5.79. The van der Waals surface area contributed by atoms with Crippen LogP contribution < -0.4 is 5.73 Å². The number of rotatable bonds is 4. The van der Waals surface area contributed by atoms with Crippen molar-refractivity contribution in [3.63, 3.8) is 0 Å². The van der Waals surface area contributed by atoms with Crippen LogP contribution in [0.15, 0.2) is 0 Å². The second-order valence-electron chi connectivity index (χ2n) is 4.39. The van der Waals surface area contributed by atoms with E-state index in [0.29, 0.717) is 19.4 Å². The molecule has 1 saturated heterocycles. The first kappa shape index (κ1) is 14.4. The summed E-state index contributed by atoms with van der Waals surface area (Å²) in [6.45, 7) is 2.28. The molecular formula is C10H20N2O4S. The van der Waals surface area contributed by atoms with Crippen LogP contribution in [0.2, 0.25) is 0 Å². The molecule has 2 atom stereocenters. The smallest absolute Gasteiger partial charge is 0.306 e. The van der Waals surface area contributed by atoms with Gasteiger partial charge in [0.05, 0.1) is 19.3 Å². The predicted molar refractivity (Wildman–Crippen MR) is 63.8 cm³/mol. The molecule has 1 fully saturated rings. The molecule has 0 bridgehead atoms. The van der Waals surface area contributed by atoms with Gasteiger partial charge in [0.25, 0.3) is 0 Å². The van der Waals surface area contributed by atoms with Crippen LogP contribution in [0.3, 0.4) is 0 Å². The molecule has 1 rings (SSSR count). The van der Waals surface area contributed by atoms with Crippen LogP contribution in [-0.2, 0) is 19.6 Å². The summed E-state index contributed by atoms with van der Waals surface area (Å²) in [7, 11) is -2.14. The molecule has 2 unspecified atom stereocenters. The summed E-state index contributed by atoms with van der Waals surface area (Å²) >= 11 is 0. The van der Waals surface area contributed by atoms with Gasteiger partial charge in [-0.25, -0.2) is 8.42 Å². The SMILES string of the molecule is COC(=O)CCS(=O)(=O)N1CCC(N)CC1C. The van der Waals surface area contributed by atoms with Crippen molar-refractivity contribution in [1.82, 2.24) is 4.31 Å². The zero-order valence-corrected chi connectivity index (χ0v) is 11.1. The molecule has 2 N–H and O–H groups in total. The van der Waals surface area contributed by atoms with Crippen LogP contribution in [0.5, 0.6) is 0 Å². The zero-order valence-electron chi connectivity index (χ0n) is 10.3. The van der Waals surface area contributed by atoms with E-state index in [4.69, 9.17) is 5.73 Å². The van der Waals surface area contributed by atoms with Crippen molar-refractivity contribution in [1.29, 1.82) is 0 Å². The number of carbonyl (C=O) groups excluding carboxylic acids is 1. The van der Waals surface area contributed by atoms with Crippen LogP contribution in [-0.4, -0.2) is 50.2 Å². The van der Waals surface area contributed by atoms with Crippen molar-refractivity contribution in [2.75, 3.05) is 19.4 Å². The minimum atomic E-state index is -3.38. The van der Waals surface area contributed by atoms with E-state index in [1.54, 1.807) is 0 Å². The first-order valence-electron chi connectivity index (χ1n) is 5.68. The van der Waals surface area contributed by atoms with Crippen LogP contribution in [0, 0.1) is 0 Å². The van der Waals surface area contributed by atoms with Crippen LogP contribution >= 0.6 is 0 Å². The lowest BCUT2D eigenvalue weighted by Gasteiger charge is -2.35. The molecular weight excluding hydrogens is 244 g/mol. The van der Waals surface area contributed by atoms with E-state index in [0.717, 1.165) is 0 Å². The summed E-state index contributed by atoms with van der Waals surface area (Å²) in [5.41, 5.74) is 5.78. The van der Waals surface area contributed by atoms with Gasteiger partial charge >= 0.3 is 5.97 Å². The molecule has 100 valence electrons. The Morgan fingerprint density at radius 2 is 2.18 bits per heavy atom. The number of hydrogen-bond donors (Lipinski definition) is 1. The highest BCUT2D eigenvalue weighted by molar-refractivity contribution is 7.89. The number of carbonyl (C=O) groups is 1. The van der Waals surface area contributed by atoms with E-state index in [1.807, 2.05) is 6.92 Å². The number of nitrogens with zero attached hydrogens (tertiary/aromatic N) is 1. The number of piperidine rings is 1. The standard InChI is InChI=1S/C10H20N2O4S/c1-8-7-9(11)3-5-12(8)17(14,15)6-4-10(13)16-2/h8-9H,3-7,11H2,1-2H3. The van der Waals surface area contributed by atoms with Crippen LogP contribution in [0.1, 0.15) is 26.2 Å². The maximum Gasteiger partial charge on any atom is 0.306 e. The normalized spacial score (nSPS) is 26.8. The monoisotopic (exact) mass is 264 g/mol. The van der Waals surface area contributed by atoms with Gasteiger partial charge < -0.3 is 10.5 Å². The molecule has 0 saturated carbocycles. The molecule has 7 heteroatoms. The maximum atomic E-state index is 12.0. The number of sulfonamides is 1. The predicted octanol–water partition coefficient (Wildman–Crippen LogP) is -0.309. The fraction of sp³-hybridized carbons (Fsp3) is 0.900. The minimum absolute atomic E-state index is 0.0667. The summed E-state index contributed by atoms with van der Waals surface area (Å²) in [6.07, 6.45) is 1.23. The van der Waals surface area contributed by atoms with Gasteiger partial charge in [-0.3, -0.25) is 4.79 Å². The highest BCUT2D eigenvalue weighted by Gasteiger charge is 2.32. The Bertz CT molecular complexity index is 369. The average Bonchev–Trinajstić information content (AvgIpc) is 2.25. The van der Waals surface area contributed by atoms with Gasteiger partial charge in [-0.2, -0.15) is 4.31 Å². The highest BCUT2D eigenvalue weighted by atomic mass is 32.2. The summed E-state index contributed by atoms with van der Waals surface area (Å²) in [6, 6.07) is -0.0292. The van der Waals surface area contributed by atoms with Gasteiger partial charge in [-0.15, -0.1) is 0 Å². The molecule has 1 aliphatic heterocycles. The number of nitrogens with two attached hydrogens (primary N) is 1. The van der Waals surface area contributed by atoms with Crippen molar-refractivity contribution in [3.8, 4) is 0 Å². The molecule has 0 aromatic carbocycles. The van der Waals surface area contributed by atoms with Crippen molar-refractivity contribution >= 4 is 16.0 Å². The fourth-order valence-electron chi connectivity index (χ4n) is 2.03. The number of hydrogen-bond acceptors (Lipinski definition) is 5. The summed E-state index contributed by atoms with van der Waals surface area (Å²) < 4.78 is 29.9. The molecule has 0 amide bonds. The Hall–Kier alpha value is -0.660. The zero-order chi connectivity index (χ0) is 13.1. The summed E-state index contributed by atoms with van der Waals surface area (Å²) in [5.74, 6) is -0.700. The van der Waals surface area contributed by atoms with Crippen LogP contribution in [0.25, 0.3) is 0 Å². The molecule has 0 radical (unpaired) electrons. The Balaban J connectivity index is 2.61. The number of esters is 1. The third kappa shape index (κ3) is 3.93. The Morgan fingerprint density at radius 3 is 2.71 bits per heavy atom. The largest absolute Gasteiger partial charge is 0.469 e. The van der Waals surface area contributed by atoms with Gasteiger partial charge in [-0.05, 0) is 19.8 Å². The quantitative estimate of drug-likeness (QED) is 0.704. The molecule has 0 aromatic heterocycles.